The largest absolute Gasteiger partial charge is 0.385 e. The number of piperazine rings is 3. The van der Waals surface area contributed by atoms with Crippen LogP contribution >= 0.6 is 15.9 Å². The Hall–Kier alpha value is -0.430. The average molecular weight is 315 g/mol. The first-order valence-corrected chi connectivity index (χ1v) is 7.35. The summed E-state index contributed by atoms with van der Waals surface area (Å²) in [5.41, 5.74) is 0.913. The summed E-state index contributed by atoms with van der Waals surface area (Å²) in [5.74, 6) is 0. The summed E-state index contributed by atoms with van der Waals surface area (Å²) in [4.78, 5) is 4.85. The van der Waals surface area contributed by atoms with Gasteiger partial charge in [-0.05, 0) is 22.9 Å². The summed E-state index contributed by atoms with van der Waals surface area (Å²) < 4.78 is 2.79. The highest BCUT2D eigenvalue weighted by Gasteiger charge is 2.38. The van der Waals surface area contributed by atoms with Crippen molar-refractivity contribution in [2.75, 3.05) is 32.7 Å². The molecule has 0 saturated carbocycles. The molecular weight excluding hydrogens is 296 g/mol. The summed E-state index contributed by atoms with van der Waals surface area (Å²) in [7, 11) is 0. The first-order valence-electron chi connectivity index (χ1n) is 6.56. The average Bonchev–Trinajstić information content (AvgIpc) is 2.80. The minimum absolute atomic E-state index is 0.200. The Morgan fingerprint density at radius 3 is 2.72 bits per heavy atom. The van der Waals surface area contributed by atoms with Crippen LogP contribution in [0.3, 0.4) is 0 Å². The minimum atomic E-state index is -0.468. The number of hydrogen-bond donors (Lipinski definition) is 1. The van der Waals surface area contributed by atoms with Crippen molar-refractivity contribution in [3.8, 4) is 0 Å². The van der Waals surface area contributed by atoms with Gasteiger partial charge in [-0.25, -0.2) is 0 Å². The van der Waals surface area contributed by atoms with Gasteiger partial charge in [-0.1, -0.05) is 0 Å². The van der Waals surface area contributed by atoms with E-state index in [1.165, 1.54) is 0 Å². The summed E-state index contributed by atoms with van der Waals surface area (Å²) in [6.07, 6.45) is 1.31. The number of aryl methyl sites for hydroxylation is 1. The van der Waals surface area contributed by atoms with Gasteiger partial charge >= 0.3 is 0 Å². The molecule has 18 heavy (non-hydrogen) atoms. The maximum atomic E-state index is 10.7. The topological polar surface area (TPSA) is 44.5 Å². The predicted octanol–water partition coefficient (Wildman–Crippen LogP) is 0.699. The van der Waals surface area contributed by atoms with E-state index in [0.29, 0.717) is 0 Å². The molecule has 6 heteroatoms. The highest BCUT2D eigenvalue weighted by Crippen LogP contribution is 2.31. The highest BCUT2D eigenvalue weighted by molar-refractivity contribution is 9.10. The van der Waals surface area contributed by atoms with E-state index in [2.05, 4.69) is 30.8 Å². The zero-order valence-electron chi connectivity index (χ0n) is 10.6. The summed E-state index contributed by atoms with van der Waals surface area (Å²) >= 11 is 3.50. The zero-order chi connectivity index (χ0) is 12.7. The highest BCUT2D eigenvalue weighted by atomic mass is 79.9. The van der Waals surface area contributed by atoms with Crippen molar-refractivity contribution in [2.45, 2.75) is 25.6 Å². The molecule has 2 bridgehead atoms. The number of rotatable bonds is 3. The molecule has 1 N–H and O–H groups in total. The molecule has 0 spiro atoms. The van der Waals surface area contributed by atoms with Crippen LogP contribution in [0.1, 0.15) is 18.7 Å². The molecule has 2 atom stereocenters. The standard InChI is InChI=1S/C12H19BrN4O/c1-2-17-11(9(13)7-14-17)12(18)10-8-15-3-5-16(10)6-4-15/h7,10,12,18H,2-6,8H2,1H3. The molecule has 0 aromatic carbocycles. The molecule has 4 rings (SSSR count). The Bertz CT molecular complexity index is 428. The predicted molar refractivity (Wildman–Crippen MR) is 72.4 cm³/mol. The molecule has 3 aliphatic heterocycles. The van der Waals surface area contributed by atoms with E-state index < -0.39 is 6.10 Å². The van der Waals surface area contributed by atoms with Gasteiger partial charge in [-0.2, -0.15) is 5.10 Å². The molecule has 0 aliphatic carbocycles. The van der Waals surface area contributed by atoms with Gasteiger partial charge in [-0.15, -0.1) is 0 Å². The number of hydrogen-bond acceptors (Lipinski definition) is 4. The Morgan fingerprint density at radius 2 is 2.17 bits per heavy atom. The van der Waals surface area contributed by atoms with Crippen molar-refractivity contribution in [1.29, 1.82) is 0 Å². The third kappa shape index (κ3) is 2.01. The molecule has 1 aromatic heterocycles. The van der Waals surface area contributed by atoms with Gasteiger partial charge < -0.3 is 5.11 Å². The second kappa shape index (κ2) is 4.92. The number of nitrogens with zero attached hydrogens (tertiary/aromatic N) is 4. The van der Waals surface area contributed by atoms with Crippen LogP contribution in [0.25, 0.3) is 0 Å². The van der Waals surface area contributed by atoms with E-state index in [-0.39, 0.29) is 6.04 Å². The lowest BCUT2D eigenvalue weighted by atomic mass is 10.00. The van der Waals surface area contributed by atoms with Crippen LogP contribution in [0.15, 0.2) is 10.7 Å². The molecule has 0 radical (unpaired) electrons. The van der Waals surface area contributed by atoms with Gasteiger partial charge in [0.25, 0.3) is 0 Å². The van der Waals surface area contributed by atoms with Gasteiger partial charge in [0.15, 0.2) is 0 Å². The molecule has 2 unspecified atom stereocenters. The van der Waals surface area contributed by atoms with E-state index in [1.807, 2.05) is 11.6 Å². The molecule has 3 saturated heterocycles. The van der Waals surface area contributed by atoms with Crippen molar-refractivity contribution in [2.24, 2.45) is 0 Å². The normalized spacial score (nSPS) is 32.7. The van der Waals surface area contributed by atoms with Crippen LogP contribution in [0.5, 0.6) is 0 Å². The van der Waals surface area contributed by atoms with Gasteiger partial charge in [0, 0.05) is 39.3 Å². The fraction of sp³-hybridized carbons (Fsp3) is 0.750. The van der Waals surface area contributed by atoms with Crippen LogP contribution in [0.4, 0.5) is 0 Å². The minimum Gasteiger partial charge on any atom is -0.385 e. The zero-order valence-corrected chi connectivity index (χ0v) is 12.2. The second-order valence-corrected chi connectivity index (χ2v) is 5.90. The molecule has 0 amide bonds. The first-order chi connectivity index (χ1) is 8.70. The fourth-order valence-electron chi connectivity index (χ4n) is 3.06. The van der Waals surface area contributed by atoms with E-state index >= 15 is 0 Å². The number of aliphatic hydroxyl groups excluding tert-OH is 1. The van der Waals surface area contributed by atoms with E-state index in [9.17, 15) is 5.11 Å². The van der Waals surface area contributed by atoms with Crippen LogP contribution in [0.2, 0.25) is 0 Å². The molecule has 100 valence electrons. The summed E-state index contributed by atoms with van der Waals surface area (Å²) in [6.45, 7) is 8.21. The molecule has 1 aromatic rings. The third-order valence-corrected chi connectivity index (χ3v) is 4.71. The summed E-state index contributed by atoms with van der Waals surface area (Å²) in [5, 5.41) is 15.0. The Morgan fingerprint density at radius 1 is 1.44 bits per heavy atom. The quantitative estimate of drug-likeness (QED) is 0.892. The van der Waals surface area contributed by atoms with Gasteiger partial charge in [-0.3, -0.25) is 14.5 Å². The van der Waals surface area contributed by atoms with Crippen molar-refractivity contribution in [3.05, 3.63) is 16.4 Å². The monoisotopic (exact) mass is 314 g/mol. The van der Waals surface area contributed by atoms with Crippen molar-refractivity contribution < 1.29 is 5.11 Å². The molecule has 5 nitrogen and oxygen atoms in total. The van der Waals surface area contributed by atoms with Gasteiger partial charge in [0.05, 0.1) is 22.4 Å². The second-order valence-electron chi connectivity index (χ2n) is 5.04. The molecule has 3 aliphatic rings. The van der Waals surface area contributed by atoms with E-state index in [4.69, 9.17) is 0 Å². The van der Waals surface area contributed by atoms with E-state index in [1.54, 1.807) is 6.20 Å². The third-order valence-electron chi connectivity index (χ3n) is 4.10. The van der Waals surface area contributed by atoms with Crippen LogP contribution < -0.4 is 0 Å². The molecule has 4 heterocycles. The lowest BCUT2D eigenvalue weighted by molar-refractivity contribution is -0.0497. The molecular formula is C12H19BrN4O. The van der Waals surface area contributed by atoms with Crippen molar-refractivity contribution in [1.82, 2.24) is 19.6 Å². The number of aromatic nitrogens is 2. The maximum absolute atomic E-state index is 10.7. The number of aliphatic hydroxyl groups is 1. The van der Waals surface area contributed by atoms with E-state index in [0.717, 1.165) is 49.4 Å². The van der Waals surface area contributed by atoms with Crippen LogP contribution in [0, 0.1) is 0 Å². The van der Waals surface area contributed by atoms with Crippen LogP contribution in [-0.2, 0) is 6.54 Å². The van der Waals surface area contributed by atoms with Gasteiger partial charge in [0.1, 0.15) is 6.10 Å². The summed E-state index contributed by atoms with van der Waals surface area (Å²) in [6, 6.07) is 0.200. The number of halogens is 1. The maximum Gasteiger partial charge on any atom is 0.113 e. The molecule has 3 fully saturated rings. The Balaban J connectivity index is 1.85. The van der Waals surface area contributed by atoms with Crippen LogP contribution in [-0.4, -0.2) is 63.5 Å². The Kier molecular flexibility index (Phi) is 3.44. The van der Waals surface area contributed by atoms with Crippen molar-refractivity contribution in [3.63, 3.8) is 0 Å². The lowest BCUT2D eigenvalue weighted by Gasteiger charge is -2.49. The lowest BCUT2D eigenvalue weighted by Crippen LogP contribution is -2.62. The number of fused-ring (bicyclic) bond motifs is 3. The smallest absolute Gasteiger partial charge is 0.113 e. The van der Waals surface area contributed by atoms with Crippen molar-refractivity contribution >= 4 is 15.9 Å². The Labute approximate surface area is 115 Å². The first kappa shape index (κ1) is 12.6. The fourth-order valence-corrected chi connectivity index (χ4v) is 3.59. The van der Waals surface area contributed by atoms with Gasteiger partial charge in [0.2, 0.25) is 0 Å². The SMILES string of the molecule is CCn1ncc(Br)c1C(O)C1CN2CCN1CC2.